The zero-order valence-corrected chi connectivity index (χ0v) is 16.8. The second-order valence-electron chi connectivity index (χ2n) is 7.44. The third kappa shape index (κ3) is 5.05. The average molecular weight is 383 g/mol. The van der Waals surface area contributed by atoms with Crippen molar-refractivity contribution < 1.29 is 4.79 Å². The van der Waals surface area contributed by atoms with Gasteiger partial charge in [0.05, 0.1) is 10.6 Å². The van der Waals surface area contributed by atoms with E-state index in [0.29, 0.717) is 19.6 Å². The molecule has 5 nitrogen and oxygen atoms in total. The first-order valence-electron chi connectivity index (χ1n) is 9.12. The van der Waals surface area contributed by atoms with Crippen molar-refractivity contribution in [1.82, 2.24) is 20.4 Å². The molecular formula is C21H26N4OS. The molecule has 0 bridgehead atoms. The molecule has 142 valence electrons. The molecule has 0 spiro atoms. The Morgan fingerprint density at radius 3 is 2.56 bits per heavy atom. The van der Waals surface area contributed by atoms with Gasteiger partial charge in [0.25, 0.3) is 0 Å². The topological polar surface area (TPSA) is 59.0 Å². The maximum absolute atomic E-state index is 11.9. The second kappa shape index (κ2) is 8.50. The van der Waals surface area contributed by atoms with E-state index in [9.17, 15) is 4.79 Å². The number of carbonyl (C=O) groups is 1. The van der Waals surface area contributed by atoms with Gasteiger partial charge in [-0.25, -0.2) is 4.68 Å². The third-order valence-electron chi connectivity index (χ3n) is 4.15. The number of thiophene rings is 1. The molecule has 0 radical (unpaired) electrons. The van der Waals surface area contributed by atoms with Gasteiger partial charge in [0.15, 0.2) is 0 Å². The van der Waals surface area contributed by atoms with Gasteiger partial charge in [-0.05, 0) is 23.6 Å². The molecule has 6 heteroatoms. The number of hydrogen-bond donors (Lipinski definition) is 2. The van der Waals surface area contributed by atoms with Gasteiger partial charge in [0, 0.05) is 36.8 Å². The van der Waals surface area contributed by atoms with Crippen LogP contribution in [0, 0.1) is 5.41 Å². The minimum Gasteiger partial charge on any atom is -0.354 e. The van der Waals surface area contributed by atoms with Gasteiger partial charge in [0.2, 0.25) is 5.91 Å². The van der Waals surface area contributed by atoms with Crippen LogP contribution in [-0.4, -0.2) is 28.8 Å². The largest absolute Gasteiger partial charge is 0.354 e. The van der Waals surface area contributed by atoms with Gasteiger partial charge >= 0.3 is 0 Å². The standard InChI is InChI=1S/C21H26N4OS/c1-21(2,3)20(26)23-12-11-22-14-16-15-25(17-8-5-4-6-9-17)24-19(16)18-10-7-13-27-18/h4-10,13,15,22H,11-12,14H2,1-3H3,(H,23,26). The van der Waals surface area contributed by atoms with E-state index in [1.807, 2.05) is 61.9 Å². The van der Waals surface area contributed by atoms with E-state index in [-0.39, 0.29) is 11.3 Å². The lowest BCUT2D eigenvalue weighted by Crippen LogP contribution is -2.38. The van der Waals surface area contributed by atoms with Crippen LogP contribution in [0.15, 0.2) is 54.0 Å². The molecule has 0 aliphatic carbocycles. The maximum atomic E-state index is 11.9. The molecular weight excluding hydrogens is 356 g/mol. The Labute approximate surface area is 164 Å². The predicted octanol–water partition coefficient (Wildman–Crippen LogP) is 3.85. The van der Waals surface area contributed by atoms with Crippen LogP contribution in [0.1, 0.15) is 26.3 Å². The van der Waals surface area contributed by atoms with Crippen molar-refractivity contribution in [2.24, 2.45) is 5.41 Å². The van der Waals surface area contributed by atoms with E-state index in [2.05, 4.69) is 28.3 Å². The fourth-order valence-electron chi connectivity index (χ4n) is 2.63. The van der Waals surface area contributed by atoms with Crippen molar-refractivity contribution in [3.8, 4) is 16.3 Å². The fraction of sp³-hybridized carbons (Fsp3) is 0.333. The highest BCUT2D eigenvalue weighted by Crippen LogP contribution is 2.27. The number of benzene rings is 1. The lowest BCUT2D eigenvalue weighted by atomic mass is 9.96. The lowest BCUT2D eigenvalue weighted by Gasteiger charge is -2.17. The molecule has 0 aliphatic rings. The Hall–Kier alpha value is -2.44. The summed E-state index contributed by atoms with van der Waals surface area (Å²) in [5.74, 6) is 0.0699. The van der Waals surface area contributed by atoms with Crippen molar-refractivity contribution in [1.29, 1.82) is 0 Å². The van der Waals surface area contributed by atoms with Crippen LogP contribution in [0.25, 0.3) is 16.3 Å². The Morgan fingerprint density at radius 2 is 1.89 bits per heavy atom. The molecule has 0 fully saturated rings. The highest BCUT2D eigenvalue weighted by Gasteiger charge is 2.20. The number of nitrogens with one attached hydrogen (secondary N) is 2. The minimum atomic E-state index is -0.358. The van der Waals surface area contributed by atoms with E-state index in [0.717, 1.165) is 21.8 Å². The van der Waals surface area contributed by atoms with Crippen LogP contribution in [0.3, 0.4) is 0 Å². The van der Waals surface area contributed by atoms with Gasteiger partial charge in [-0.3, -0.25) is 4.79 Å². The van der Waals surface area contributed by atoms with Crippen LogP contribution < -0.4 is 10.6 Å². The molecule has 2 N–H and O–H groups in total. The molecule has 2 aromatic heterocycles. The van der Waals surface area contributed by atoms with Crippen molar-refractivity contribution in [3.05, 3.63) is 59.6 Å². The Balaban J connectivity index is 1.66. The molecule has 0 unspecified atom stereocenters. The zero-order chi connectivity index (χ0) is 19.3. The van der Waals surface area contributed by atoms with Crippen molar-refractivity contribution in [2.75, 3.05) is 13.1 Å². The molecule has 0 saturated heterocycles. The van der Waals surface area contributed by atoms with Crippen LogP contribution in [0.5, 0.6) is 0 Å². The summed E-state index contributed by atoms with van der Waals surface area (Å²) in [4.78, 5) is 13.1. The highest BCUT2D eigenvalue weighted by molar-refractivity contribution is 7.13. The summed E-state index contributed by atoms with van der Waals surface area (Å²) < 4.78 is 1.92. The SMILES string of the molecule is CC(C)(C)C(=O)NCCNCc1cn(-c2ccccc2)nc1-c1cccs1. The van der Waals surface area contributed by atoms with Gasteiger partial charge in [-0.1, -0.05) is 45.0 Å². The molecule has 2 heterocycles. The molecule has 1 amide bonds. The highest BCUT2D eigenvalue weighted by atomic mass is 32.1. The molecule has 27 heavy (non-hydrogen) atoms. The summed E-state index contributed by atoms with van der Waals surface area (Å²) >= 11 is 1.69. The molecule has 0 aliphatic heterocycles. The number of carbonyl (C=O) groups excluding carboxylic acids is 1. The number of aromatic nitrogens is 2. The van der Waals surface area contributed by atoms with E-state index in [4.69, 9.17) is 5.10 Å². The van der Waals surface area contributed by atoms with E-state index >= 15 is 0 Å². The summed E-state index contributed by atoms with van der Waals surface area (Å²) in [5.41, 5.74) is 2.82. The van der Waals surface area contributed by atoms with Crippen LogP contribution in [0.2, 0.25) is 0 Å². The molecule has 3 aromatic rings. The second-order valence-corrected chi connectivity index (χ2v) is 8.39. The maximum Gasteiger partial charge on any atom is 0.225 e. The number of para-hydroxylation sites is 1. The van der Waals surface area contributed by atoms with Gasteiger partial charge in [-0.15, -0.1) is 11.3 Å². The van der Waals surface area contributed by atoms with E-state index in [1.54, 1.807) is 11.3 Å². The quantitative estimate of drug-likeness (QED) is 0.610. The lowest BCUT2D eigenvalue weighted by molar-refractivity contribution is -0.128. The summed E-state index contributed by atoms with van der Waals surface area (Å²) in [5, 5.41) is 13.2. The first-order chi connectivity index (χ1) is 12.9. The Bertz CT molecular complexity index is 863. The Morgan fingerprint density at radius 1 is 1.11 bits per heavy atom. The molecule has 3 rings (SSSR count). The predicted molar refractivity (Wildman–Crippen MR) is 111 cm³/mol. The van der Waals surface area contributed by atoms with Gasteiger partial charge in [0.1, 0.15) is 5.69 Å². The fourth-order valence-corrected chi connectivity index (χ4v) is 3.37. The monoisotopic (exact) mass is 382 g/mol. The zero-order valence-electron chi connectivity index (χ0n) is 16.0. The van der Waals surface area contributed by atoms with Gasteiger partial charge in [-0.2, -0.15) is 5.10 Å². The van der Waals surface area contributed by atoms with Crippen LogP contribution >= 0.6 is 11.3 Å². The third-order valence-corrected chi connectivity index (χ3v) is 5.03. The number of hydrogen-bond acceptors (Lipinski definition) is 4. The molecule has 0 atom stereocenters. The first-order valence-corrected chi connectivity index (χ1v) is 10.00. The number of nitrogens with zero attached hydrogens (tertiary/aromatic N) is 2. The number of rotatable bonds is 7. The summed E-state index contributed by atoms with van der Waals surface area (Å²) in [7, 11) is 0. The first kappa shape index (κ1) is 19.3. The smallest absolute Gasteiger partial charge is 0.225 e. The molecule has 1 aromatic carbocycles. The summed E-state index contributed by atoms with van der Waals surface area (Å²) in [6, 6.07) is 14.3. The minimum absolute atomic E-state index is 0.0699. The van der Waals surface area contributed by atoms with Crippen molar-refractivity contribution in [3.63, 3.8) is 0 Å². The average Bonchev–Trinajstić information content (AvgIpc) is 3.30. The van der Waals surface area contributed by atoms with Crippen LogP contribution in [-0.2, 0) is 11.3 Å². The van der Waals surface area contributed by atoms with E-state index in [1.165, 1.54) is 0 Å². The number of amides is 1. The van der Waals surface area contributed by atoms with Crippen molar-refractivity contribution in [2.45, 2.75) is 27.3 Å². The van der Waals surface area contributed by atoms with E-state index < -0.39 is 0 Å². The van der Waals surface area contributed by atoms with Crippen LogP contribution in [0.4, 0.5) is 0 Å². The summed E-state index contributed by atoms with van der Waals surface area (Å²) in [6.45, 7) is 7.77. The molecule has 0 saturated carbocycles. The normalized spacial score (nSPS) is 11.5. The Kier molecular flexibility index (Phi) is 6.08. The van der Waals surface area contributed by atoms with Gasteiger partial charge < -0.3 is 10.6 Å². The summed E-state index contributed by atoms with van der Waals surface area (Å²) in [6.07, 6.45) is 2.07. The van der Waals surface area contributed by atoms with Crippen molar-refractivity contribution >= 4 is 17.2 Å².